The maximum Gasteiger partial charge on any atom is 0.169 e. The van der Waals surface area contributed by atoms with Crippen molar-refractivity contribution in [3.8, 4) is 17.2 Å². The van der Waals surface area contributed by atoms with E-state index in [1.54, 1.807) is 24.3 Å². The summed E-state index contributed by atoms with van der Waals surface area (Å²) in [6.45, 7) is 0. The second-order valence-electron chi connectivity index (χ2n) is 5.98. The first-order chi connectivity index (χ1) is 11.7. The molecule has 3 rings (SSSR count). The van der Waals surface area contributed by atoms with Gasteiger partial charge in [0.2, 0.25) is 0 Å². The lowest BCUT2D eigenvalue weighted by atomic mass is 9.90. The molecule has 0 unspecified atom stereocenters. The largest absolute Gasteiger partial charge is 0.484 e. The zero-order valence-electron chi connectivity index (χ0n) is 13.6. The Morgan fingerprint density at radius 1 is 1.08 bits per heavy atom. The van der Waals surface area contributed by atoms with Crippen molar-refractivity contribution in [2.45, 2.75) is 37.5 Å². The Labute approximate surface area is 141 Å². The molecule has 2 aromatic rings. The summed E-state index contributed by atoms with van der Waals surface area (Å²) in [5, 5.41) is 13.6. The van der Waals surface area contributed by atoms with Crippen LogP contribution in [-0.4, -0.2) is 30.4 Å². The normalized spacial score (nSPS) is 23.7. The van der Waals surface area contributed by atoms with Gasteiger partial charge in [0.25, 0.3) is 0 Å². The molecule has 24 heavy (non-hydrogen) atoms. The molecule has 4 nitrogen and oxygen atoms in total. The van der Waals surface area contributed by atoms with Crippen LogP contribution in [0.25, 0.3) is 0 Å². The molecule has 0 bridgehead atoms. The molecule has 1 fully saturated rings. The number of aliphatic hydroxyl groups excluding tert-OH is 1. The Balaban J connectivity index is 1.76. The van der Waals surface area contributed by atoms with Crippen molar-refractivity contribution in [3.63, 3.8) is 0 Å². The van der Waals surface area contributed by atoms with Crippen LogP contribution in [0, 0.1) is 5.82 Å². The highest BCUT2D eigenvalue weighted by Gasteiger charge is 2.32. The van der Waals surface area contributed by atoms with E-state index in [2.05, 4.69) is 5.32 Å². The van der Waals surface area contributed by atoms with Gasteiger partial charge in [-0.1, -0.05) is 18.2 Å². The lowest BCUT2D eigenvalue weighted by Crippen LogP contribution is -2.50. The van der Waals surface area contributed by atoms with E-state index in [9.17, 15) is 9.50 Å². The van der Waals surface area contributed by atoms with Crippen molar-refractivity contribution in [2.24, 2.45) is 0 Å². The maximum absolute atomic E-state index is 13.3. The first kappa shape index (κ1) is 16.7. The molecular weight excluding hydrogens is 309 g/mol. The van der Waals surface area contributed by atoms with Gasteiger partial charge < -0.3 is 19.9 Å². The van der Waals surface area contributed by atoms with Crippen molar-refractivity contribution >= 4 is 0 Å². The molecule has 5 heteroatoms. The van der Waals surface area contributed by atoms with Crippen LogP contribution in [0.5, 0.6) is 17.2 Å². The smallest absolute Gasteiger partial charge is 0.169 e. The third-order valence-corrected chi connectivity index (χ3v) is 4.32. The van der Waals surface area contributed by atoms with E-state index in [0.29, 0.717) is 17.2 Å². The van der Waals surface area contributed by atoms with Crippen molar-refractivity contribution in [2.75, 3.05) is 7.05 Å². The Kier molecular flexibility index (Phi) is 5.33. The first-order valence-corrected chi connectivity index (χ1v) is 8.22. The van der Waals surface area contributed by atoms with Crippen LogP contribution in [0.15, 0.2) is 48.5 Å². The molecule has 0 amide bonds. The lowest BCUT2D eigenvalue weighted by Gasteiger charge is -2.34. The summed E-state index contributed by atoms with van der Waals surface area (Å²) >= 11 is 0. The standard InChI is InChI=1S/C19H22FNO3/c1-21-15-8-5-11-18(19(15)22)24-17-10-3-2-9-16(17)23-14-7-4-6-13(20)12-14/h2-4,6-7,9-10,12,15,18-19,21-22H,5,8,11H2,1H3/t15-,18-,19-/m1/s1. The number of aliphatic hydroxyl groups is 1. The molecule has 0 aromatic heterocycles. The Morgan fingerprint density at radius 2 is 1.88 bits per heavy atom. The molecule has 2 aromatic carbocycles. The van der Waals surface area contributed by atoms with E-state index < -0.39 is 6.10 Å². The molecule has 0 saturated heterocycles. The zero-order valence-corrected chi connectivity index (χ0v) is 13.6. The van der Waals surface area contributed by atoms with E-state index in [1.165, 1.54) is 12.1 Å². The summed E-state index contributed by atoms with van der Waals surface area (Å²) in [5.41, 5.74) is 0. The Bertz CT molecular complexity index is 679. The number of benzene rings is 2. The average Bonchev–Trinajstić information content (AvgIpc) is 2.58. The SMILES string of the molecule is CN[C@@H]1CCC[C@@H](Oc2ccccc2Oc2cccc(F)c2)[C@@H]1O. The Hall–Kier alpha value is -2.11. The average molecular weight is 331 g/mol. The molecular formula is C19H22FNO3. The number of hydrogen-bond acceptors (Lipinski definition) is 4. The van der Waals surface area contributed by atoms with E-state index in [4.69, 9.17) is 9.47 Å². The highest BCUT2D eigenvalue weighted by atomic mass is 19.1. The van der Waals surface area contributed by atoms with Gasteiger partial charge in [-0.3, -0.25) is 0 Å². The van der Waals surface area contributed by atoms with Gasteiger partial charge in [-0.25, -0.2) is 4.39 Å². The van der Waals surface area contributed by atoms with Gasteiger partial charge in [0.05, 0.1) is 0 Å². The minimum atomic E-state index is -0.578. The number of para-hydroxylation sites is 2. The molecule has 0 radical (unpaired) electrons. The minimum Gasteiger partial charge on any atom is -0.484 e. The highest BCUT2D eigenvalue weighted by Crippen LogP contribution is 2.34. The fraction of sp³-hybridized carbons (Fsp3) is 0.368. The van der Waals surface area contributed by atoms with Crippen LogP contribution < -0.4 is 14.8 Å². The summed E-state index contributed by atoms with van der Waals surface area (Å²) < 4.78 is 25.1. The summed E-state index contributed by atoms with van der Waals surface area (Å²) in [7, 11) is 1.84. The third-order valence-electron chi connectivity index (χ3n) is 4.32. The van der Waals surface area contributed by atoms with Gasteiger partial charge in [-0.15, -0.1) is 0 Å². The van der Waals surface area contributed by atoms with E-state index >= 15 is 0 Å². The summed E-state index contributed by atoms with van der Waals surface area (Å²) in [5.74, 6) is 1.10. The Morgan fingerprint density at radius 3 is 2.62 bits per heavy atom. The van der Waals surface area contributed by atoms with Crippen LogP contribution in [-0.2, 0) is 0 Å². The summed E-state index contributed by atoms with van der Waals surface area (Å²) in [6, 6.07) is 13.2. The molecule has 1 saturated carbocycles. The van der Waals surface area contributed by atoms with E-state index in [-0.39, 0.29) is 18.0 Å². The van der Waals surface area contributed by atoms with E-state index in [0.717, 1.165) is 19.3 Å². The van der Waals surface area contributed by atoms with Crippen LogP contribution in [0.4, 0.5) is 4.39 Å². The monoisotopic (exact) mass is 331 g/mol. The highest BCUT2D eigenvalue weighted by molar-refractivity contribution is 5.43. The molecule has 0 spiro atoms. The van der Waals surface area contributed by atoms with Crippen LogP contribution in [0.1, 0.15) is 19.3 Å². The van der Waals surface area contributed by atoms with Crippen LogP contribution in [0.3, 0.4) is 0 Å². The second kappa shape index (κ2) is 7.64. The van der Waals surface area contributed by atoms with Crippen LogP contribution >= 0.6 is 0 Å². The van der Waals surface area contributed by atoms with Crippen molar-refractivity contribution in [1.29, 1.82) is 0 Å². The van der Waals surface area contributed by atoms with Gasteiger partial charge in [0.15, 0.2) is 11.5 Å². The van der Waals surface area contributed by atoms with Crippen molar-refractivity contribution < 1.29 is 19.0 Å². The third kappa shape index (κ3) is 3.86. The molecule has 128 valence electrons. The first-order valence-electron chi connectivity index (χ1n) is 8.22. The van der Waals surface area contributed by atoms with Gasteiger partial charge in [-0.2, -0.15) is 0 Å². The minimum absolute atomic E-state index is 0.0278. The number of ether oxygens (including phenoxy) is 2. The fourth-order valence-corrected chi connectivity index (χ4v) is 3.04. The number of halogens is 1. The predicted molar refractivity (Wildman–Crippen MR) is 90.0 cm³/mol. The van der Waals surface area contributed by atoms with Gasteiger partial charge in [0, 0.05) is 12.1 Å². The number of hydrogen-bond donors (Lipinski definition) is 2. The molecule has 1 aliphatic rings. The van der Waals surface area contributed by atoms with Crippen LogP contribution in [0.2, 0.25) is 0 Å². The number of nitrogens with one attached hydrogen (secondary N) is 1. The zero-order chi connectivity index (χ0) is 16.9. The molecule has 1 aliphatic carbocycles. The van der Waals surface area contributed by atoms with E-state index in [1.807, 2.05) is 19.2 Å². The quantitative estimate of drug-likeness (QED) is 0.880. The van der Waals surface area contributed by atoms with Crippen molar-refractivity contribution in [1.82, 2.24) is 5.32 Å². The lowest BCUT2D eigenvalue weighted by molar-refractivity contribution is -0.0142. The molecule has 3 atom stereocenters. The molecule has 2 N–H and O–H groups in total. The van der Waals surface area contributed by atoms with Gasteiger partial charge in [0.1, 0.15) is 23.8 Å². The second-order valence-corrected chi connectivity index (χ2v) is 5.98. The fourth-order valence-electron chi connectivity index (χ4n) is 3.04. The molecule has 0 heterocycles. The van der Waals surface area contributed by atoms with Gasteiger partial charge >= 0.3 is 0 Å². The summed E-state index contributed by atoms with van der Waals surface area (Å²) in [6.07, 6.45) is 1.83. The predicted octanol–water partition coefficient (Wildman–Crippen LogP) is 3.50. The van der Waals surface area contributed by atoms with Gasteiger partial charge in [-0.05, 0) is 50.6 Å². The number of rotatable bonds is 5. The van der Waals surface area contributed by atoms with Crippen molar-refractivity contribution in [3.05, 3.63) is 54.3 Å². The topological polar surface area (TPSA) is 50.7 Å². The summed E-state index contributed by atoms with van der Waals surface area (Å²) in [4.78, 5) is 0. The number of likely N-dealkylation sites (N-methyl/N-ethyl adjacent to an activating group) is 1. The molecule has 0 aliphatic heterocycles. The maximum atomic E-state index is 13.3.